The molecule has 0 atom stereocenters. The summed E-state index contributed by atoms with van der Waals surface area (Å²) in [4.78, 5) is 2.42. The molecule has 0 aliphatic carbocycles. The van der Waals surface area contributed by atoms with Gasteiger partial charge in [0.25, 0.3) is 0 Å². The summed E-state index contributed by atoms with van der Waals surface area (Å²) in [6, 6.07) is 0. The molecule has 0 aromatic carbocycles. The number of nitrogens with zero attached hydrogens (tertiary/aromatic N) is 1. The Bertz CT molecular complexity index is 151. The van der Waals surface area contributed by atoms with E-state index < -0.39 is 0 Å². The minimum atomic E-state index is 0.967. The van der Waals surface area contributed by atoms with Gasteiger partial charge in [-0.2, -0.15) is 0 Å². The van der Waals surface area contributed by atoms with Crippen LogP contribution in [0.3, 0.4) is 0 Å². The van der Waals surface area contributed by atoms with E-state index >= 15 is 0 Å². The average Bonchev–Trinajstić information content (AvgIpc) is 2.17. The SMILES string of the molecule is CC#CCCNCCN(CC)CC. The molecule has 1 N–H and O–H groups in total. The van der Waals surface area contributed by atoms with Crippen LogP contribution in [0.25, 0.3) is 0 Å². The Morgan fingerprint density at radius 1 is 1.15 bits per heavy atom. The second-order valence-electron chi connectivity index (χ2n) is 2.95. The Kier molecular flexibility index (Phi) is 9.18. The Balaban J connectivity index is 3.17. The van der Waals surface area contributed by atoms with Crippen LogP contribution < -0.4 is 5.32 Å². The molecule has 0 saturated carbocycles. The van der Waals surface area contributed by atoms with Crippen molar-refractivity contribution in [1.29, 1.82) is 0 Å². The first kappa shape index (κ1) is 12.5. The van der Waals surface area contributed by atoms with Crippen LogP contribution in [0.15, 0.2) is 0 Å². The van der Waals surface area contributed by atoms with E-state index in [2.05, 4.69) is 35.9 Å². The minimum Gasteiger partial charge on any atom is -0.315 e. The van der Waals surface area contributed by atoms with E-state index in [4.69, 9.17) is 0 Å². The van der Waals surface area contributed by atoms with Gasteiger partial charge < -0.3 is 10.2 Å². The maximum absolute atomic E-state index is 3.38. The van der Waals surface area contributed by atoms with Crippen LogP contribution in [0.4, 0.5) is 0 Å². The zero-order chi connectivity index (χ0) is 9.94. The standard InChI is InChI=1S/C11H22N2/c1-4-7-8-9-12-10-11-13(5-2)6-3/h12H,5-6,8-11H2,1-3H3. The van der Waals surface area contributed by atoms with E-state index in [-0.39, 0.29) is 0 Å². The second kappa shape index (κ2) is 9.57. The molecule has 0 spiro atoms. The van der Waals surface area contributed by atoms with Gasteiger partial charge in [0, 0.05) is 26.1 Å². The summed E-state index contributed by atoms with van der Waals surface area (Å²) in [7, 11) is 0. The largest absolute Gasteiger partial charge is 0.315 e. The minimum absolute atomic E-state index is 0.967. The van der Waals surface area contributed by atoms with Crippen LogP contribution in [-0.2, 0) is 0 Å². The normalized spacial score (nSPS) is 9.85. The highest BCUT2D eigenvalue weighted by Gasteiger charge is 1.96. The van der Waals surface area contributed by atoms with Crippen LogP contribution >= 0.6 is 0 Å². The predicted octanol–water partition coefficient (Wildman–Crippen LogP) is 1.33. The smallest absolute Gasteiger partial charge is 0.0214 e. The third kappa shape index (κ3) is 7.83. The van der Waals surface area contributed by atoms with Crippen molar-refractivity contribution in [3.8, 4) is 11.8 Å². The third-order valence-corrected chi connectivity index (χ3v) is 2.10. The van der Waals surface area contributed by atoms with E-state index in [0.29, 0.717) is 0 Å². The quantitative estimate of drug-likeness (QED) is 0.472. The van der Waals surface area contributed by atoms with Gasteiger partial charge in [-0.15, -0.1) is 11.8 Å². The molecule has 0 fully saturated rings. The van der Waals surface area contributed by atoms with Crippen LogP contribution in [-0.4, -0.2) is 37.6 Å². The van der Waals surface area contributed by atoms with Crippen molar-refractivity contribution < 1.29 is 0 Å². The lowest BCUT2D eigenvalue weighted by atomic mass is 10.4. The lowest BCUT2D eigenvalue weighted by molar-refractivity contribution is 0.303. The molecule has 0 bridgehead atoms. The third-order valence-electron chi connectivity index (χ3n) is 2.10. The lowest BCUT2D eigenvalue weighted by Crippen LogP contribution is -2.32. The molecular weight excluding hydrogens is 160 g/mol. The van der Waals surface area contributed by atoms with Crippen molar-refractivity contribution >= 4 is 0 Å². The van der Waals surface area contributed by atoms with Gasteiger partial charge in [0.05, 0.1) is 0 Å². The number of nitrogens with one attached hydrogen (secondary N) is 1. The Hall–Kier alpha value is -0.520. The molecule has 76 valence electrons. The average molecular weight is 182 g/mol. The Morgan fingerprint density at radius 2 is 1.85 bits per heavy atom. The molecule has 0 radical (unpaired) electrons. The summed E-state index contributed by atoms with van der Waals surface area (Å²) in [5, 5.41) is 3.38. The van der Waals surface area contributed by atoms with Crippen LogP contribution in [0, 0.1) is 11.8 Å². The molecule has 2 heteroatoms. The maximum atomic E-state index is 3.38. The van der Waals surface area contributed by atoms with Crippen LogP contribution in [0.2, 0.25) is 0 Å². The number of hydrogen-bond donors (Lipinski definition) is 1. The van der Waals surface area contributed by atoms with E-state index in [1.807, 2.05) is 6.92 Å². The number of hydrogen-bond acceptors (Lipinski definition) is 2. The van der Waals surface area contributed by atoms with Crippen molar-refractivity contribution in [3.05, 3.63) is 0 Å². The van der Waals surface area contributed by atoms with Gasteiger partial charge in [-0.05, 0) is 20.0 Å². The summed E-state index contributed by atoms with van der Waals surface area (Å²) in [5.41, 5.74) is 0. The summed E-state index contributed by atoms with van der Waals surface area (Å²) < 4.78 is 0. The van der Waals surface area contributed by atoms with Gasteiger partial charge in [-0.25, -0.2) is 0 Å². The van der Waals surface area contributed by atoms with Crippen molar-refractivity contribution in [2.75, 3.05) is 32.7 Å². The fourth-order valence-corrected chi connectivity index (χ4v) is 1.18. The first-order valence-electron chi connectivity index (χ1n) is 5.17. The highest BCUT2D eigenvalue weighted by atomic mass is 15.1. The van der Waals surface area contributed by atoms with Crippen molar-refractivity contribution in [2.24, 2.45) is 0 Å². The molecule has 0 rings (SSSR count). The first-order valence-corrected chi connectivity index (χ1v) is 5.17. The maximum Gasteiger partial charge on any atom is 0.0214 e. The van der Waals surface area contributed by atoms with Gasteiger partial charge in [0.1, 0.15) is 0 Å². The lowest BCUT2D eigenvalue weighted by Gasteiger charge is -2.17. The van der Waals surface area contributed by atoms with Gasteiger partial charge in [0.15, 0.2) is 0 Å². The van der Waals surface area contributed by atoms with Crippen molar-refractivity contribution in [3.63, 3.8) is 0 Å². The first-order chi connectivity index (χ1) is 6.35. The molecule has 0 saturated heterocycles. The molecule has 0 aliphatic heterocycles. The number of rotatable bonds is 7. The Morgan fingerprint density at radius 3 is 2.38 bits per heavy atom. The van der Waals surface area contributed by atoms with Crippen molar-refractivity contribution in [2.45, 2.75) is 27.2 Å². The zero-order valence-electron chi connectivity index (χ0n) is 9.19. The molecule has 0 heterocycles. The summed E-state index contributed by atoms with van der Waals surface area (Å²) in [6.07, 6.45) is 0.967. The monoisotopic (exact) mass is 182 g/mol. The molecular formula is C11H22N2. The number of likely N-dealkylation sites (N-methyl/N-ethyl adjacent to an activating group) is 1. The summed E-state index contributed by atoms with van der Waals surface area (Å²) in [6.45, 7) is 11.8. The van der Waals surface area contributed by atoms with E-state index in [0.717, 1.165) is 39.1 Å². The zero-order valence-corrected chi connectivity index (χ0v) is 9.19. The molecule has 2 nitrogen and oxygen atoms in total. The molecule has 0 aliphatic rings. The summed E-state index contributed by atoms with van der Waals surface area (Å²) in [5.74, 6) is 5.93. The molecule has 0 unspecified atom stereocenters. The molecule has 0 aromatic rings. The highest BCUT2D eigenvalue weighted by Crippen LogP contribution is 1.83. The molecule has 13 heavy (non-hydrogen) atoms. The van der Waals surface area contributed by atoms with E-state index in [1.165, 1.54) is 0 Å². The predicted molar refractivity (Wildman–Crippen MR) is 58.7 cm³/mol. The van der Waals surface area contributed by atoms with Crippen LogP contribution in [0.5, 0.6) is 0 Å². The van der Waals surface area contributed by atoms with Gasteiger partial charge >= 0.3 is 0 Å². The van der Waals surface area contributed by atoms with E-state index in [1.54, 1.807) is 0 Å². The Labute approximate surface area is 82.7 Å². The summed E-state index contributed by atoms with van der Waals surface area (Å²) >= 11 is 0. The fraction of sp³-hybridized carbons (Fsp3) is 0.818. The topological polar surface area (TPSA) is 15.3 Å². The van der Waals surface area contributed by atoms with Gasteiger partial charge in [-0.3, -0.25) is 0 Å². The van der Waals surface area contributed by atoms with Gasteiger partial charge in [-0.1, -0.05) is 13.8 Å². The second-order valence-corrected chi connectivity index (χ2v) is 2.95. The van der Waals surface area contributed by atoms with Gasteiger partial charge in [0.2, 0.25) is 0 Å². The van der Waals surface area contributed by atoms with Crippen LogP contribution in [0.1, 0.15) is 27.2 Å². The fourth-order valence-electron chi connectivity index (χ4n) is 1.18. The van der Waals surface area contributed by atoms with E-state index in [9.17, 15) is 0 Å². The molecule has 0 aromatic heterocycles. The van der Waals surface area contributed by atoms with Crippen molar-refractivity contribution in [1.82, 2.24) is 10.2 Å². The highest BCUT2D eigenvalue weighted by molar-refractivity contribution is 4.95. The molecule has 0 amide bonds.